The Balaban J connectivity index is -0.0000000851. The summed E-state index contributed by atoms with van der Waals surface area (Å²) in [6.07, 6.45) is 11.3. The summed E-state index contributed by atoms with van der Waals surface area (Å²) in [4.78, 5) is 0. The lowest BCUT2D eigenvalue weighted by Gasteiger charge is -2.02. The van der Waals surface area contributed by atoms with Gasteiger partial charge in [-0.1, -0.05) is 119 Å². The molecule has 0 aliphatic carbocycles. The van der Waals surface area contributed by atoms with Gasteiger partial charge in [-0.3, -0.25) is 0 Å². The first-order valence-corrected chi connectivity index (χ1v) is 11.4. The number of terminal acetylenes is 1. The Morgan fingerprint density at radius 1 is 0.889 bits per heavy atom. The first-order chi connectivity index (χ1) is 12.9. The van der Waals surface area contributed by atoms with Crippen LogP contribution in [0.3, 0.4) is 0 Å². The summed E-state index contributed by atoms with van der Waals surface area (Å²) in [6, 6.07) is 6.61. The molecule has 1 rings (SSSR count). The van der Waals surface area contributed by atoms with Crippen LogP contribution >= 0.6 is 0 Å². The molecule has 0 N–H and O–H groups in total. The van der Waals surface area contributed by atoms with Crippen LogP contribution in [0.2, 0.25) is 0 Å². The van der Waals surface area contributed by atoms with Crippen molar-refractivity contribution in [3.8, 4) is 12.3 Å². The average Bonchev–Trinajstić information content (AvgIpc) is 2.69. The maximum Gasteiger partial charge on any atom is -0.00297 e. The third-order valence-electron chi connectivity index (χ3n) is 3.27. The molecule has 162 valence electrons. The molecule has 27 heavy (non-hydrogen) atoms. The first kappa shape index (κ1) is 36.7. The first-order valence-electron chi connectivity index (χ1n) is 11.4. The monoisotopic (exact) mass is 378 g/mol. The Bertz CT molecular complexity index is 380. The molecule has 0 heteroatoms. The van der Waals surface area contributed by atoms with E-state index in [9.17, 15) is 0 Å². The molecule has 0 bridgehead atoms. The van der Waals surface area contributed by atoms with Crippen LogP contribution in [-0.4, -0.2) is 0 Å². The van der Waals surface area contributed by atoms with Crippen LogP contribution in [0.4, 0.5) is 0 Å². The fraction of sp³-hybridized carbons (Fsp3) is 0.704. The second kappa shape index (κ2) is 35.8. The molecule has 0 aliphatic heterocycles. The highest BCUT2D eigenvalue weighted by Gasteiger charge is 1.93. The van der Waals surface area contributed by atoms with Crippen molar-refractivity contribution in [2.24, 2.45) is 5.92 Å². The molecule has 0 saturated heterocycles. The van der Waals surface area contributed by atoms with Crippen molar-refractivity contribution in [1.82, 2.24) is 0 Å². The highest BCUT2D eigenvalue weighted by Crippen LogP contribution is 2.10. The molecular formula is C27H54. The van der Waals surface area contributed by atoms with E-state index in [-0.39, 0.29) is 0 Å². The Hall–Kier alpha value is -1.22. The second-order valence-electron chi connectivity index (χ2n) is 5.96. The molecule has 0 fully saturated rings. The minimum absolute atomic E-state index is 0.904. The van der Waals surface area contributed by atoms with Gasteiger partial charge in [0.15, 0.2) is 0 Å². The minimum Gasteiger partial charge on any atom is -0.120 e. The Labute approximate surface area is 175 Å². The summed E-state index contributed by atoms with van der Waals surface area (Å²) >= 11 is 0. The lowest BCUT2D eigenvalue weighted by Crippen LogP contribution is -1.86. The highest BCUT2D eigenvalue weighted by atomic mass is 14.0. The van der Waals surface area contributed by atoms with Crippen molar-refractivity contribution in [3.05, 3.63) is 34.9 Å². The van der Waals surface area contributed by atoms with Gasteiger partial charge in [-0.05, 0) is 44.2 Å². The lowest BCUT2D eigenvalue weighted by atomic mass is 10.0. The summed E-state index contributed by atoms with van der Waals surface area (Å²) in [7, 11) is 0. The molecule has 1 aromatic rings. The van der Waals surface area contributed by atoms with Crippen molar-refractivity contribution in [2.75, 3.05) is 0 Å². The Morgan fingerprint density at radius 3 is 1.63 bits per heavy atom. The third-order valence-corrected chi connectivity index (χ3v) is 3.27. The van der Waals surface area contributed by atoms with Crippen LogP contribution in [0.1, 0.15) is 119 Å². The summed E-state index contributed by atoms with van der Waals surface area (Å²) < 4.78 is 0. The van der Waals surface area contributed by atoms with Crippen molar-refractivity contribution < 1.29 is 0 Å². The van der Waals surface area contributed by atoms with E-state index < -0.39 is 0 Å². The quantitative estimate of drug-likeness (QED) is 0.353. The molecule has 0 atom stereocenters. The topological polar surface area (TPSA) is 0 Å². The van der Waals surface area contributed by atoms with Crippen molar-refractivity contribution in [3.63, 3.8) is 0 Å². The van der Waals surface area contributed by atoms with Gasteiger partial charge in [0.1, 0.15) is 0 Å². The normalized spacial score (nSPS) is 7.74. The van der Waals surface area contributed by atoms with Gasteiger partial charge in [0.2, 0.25) is 0 Å². The van der Waals surface area contributed by atoms with E-state index in [0.717, 1.165) is 12.3 Å². The number of benzene rings is 1. The lowest BCUT2D eigenvalue weighted by molar-refractivity contribution is 0.534. The number of aryl methyl sites for hydroxylation is 3. The van der Waals surface area contributed by atoms with Crippen molar-refractivity contribution in [1.29, 1.82) is 0 Å². The van der Waals surface area contributed by atoms with Gasteiger partial charge in [-0.15, -0.1) is 12.3 Å². The molecule has 1 aromatic carbocycles. The van der Waals surface area contributed by atoms with Gasteiger partial charge >= 0.3 is 0 Å². The van der Waals surface area contributed by atoms with Gasteiger partial charge in [0.25, 0.3) is 0 Å². The maximum absolute atomic E-state index is 4.60. The summed E-state index contributed by atoms with van der Waals surface area (Å²) in [5.41, 5.74) is 4.25. The van der Waals surface area contributed by atoms with Crippen LogP contribution in [0.15, 0.2) is 18.2 Å². The molecule has 0 unspecified atom stereocenters. The molecular weight excluding hydrogens is 324 g/mol. The summed E-state index contributed by atoms with van der Waals surface area (Å²) in [5.74, 6) is 3.15. The standard InChI is InChI=1S/C10H14.C8H18.C3H4.3C2H6/c1-4-10-7-8(2)5-6-9(10)3;1-4-5-6-7-8(2)3;1-3-2;3*1-2/h5-7H,4H2,1-3H3;8H,4-7H2,1-3H3;1H,2H3;3*1-2H3. The zero-order chi connectivity index (χ0) is 22.7. The summed E-state index contributed by atoms with van der Waals surface area (Å²) in [6.45, 7) is 27.0. The van der Waals surface area contributed by atoms with E-state index in [1.165, 1.54) is 42.4 Å². The average molecular weight is 379 g/mol. The SMILES string of the molecule is C#CC.CC.CC.CC.CCCCCC(C)C.CCc1cc(C)ccc1C. The molecule has 0 nitrogen and oxygen atoms in total. The van der Waals surface area contributed by atoms with Crippen LogP contribution < -0.4 is 0 Å². The summed E-state index contributed by atoms with van der Waals surface area (Å²) in [5, 5.41) is 0. The van der Waals surface area contributed by atoms with Crippen LogP contribution in [0.25, 0.3) is 0 Å². The zero-order valence-corrected chi connectivity index (χ0v) is 21.4. The van der Waals surface area contributed by atoms with E-state index in [4.69, 9.17) is 0 Å². The van der Waals surface area contributed by atoms with Crippen LogP contribution in [0.5, 0.6) is 0 Å². The fourth-order valence-electron chi connectivity index (χ4n) is 1.98. The largest absolute Gasteiger partial charge is 0.120 e. The van der Waals surface area contributed by atoms with Gasteiger partial charge in [-0.2, -0.15) is 0 Å². The fourth-order valence-corrected chi connectivity index (χ4v) is 1.98. The van der Waals surface area contributed by atoms with Gasteiger partial charge in [-0.25, -0.2) is 0 Å². The van der Waals surface area contributed by atoms with Crippen molar-refractivity contribution in [2.45, 2.75) is 122 Å². The Morgan fingerprint density at radius 2 is 1.33 bits per heavy atom. The Kier molecular flexibility index (Phi) is 48.6. The smallest absolute Gasteiger partial charge is 0.00297 e. The molecule has 0 radical (unpaired) electrons. The van der Waals surface area contributed by atoms with E-state index in [1.807, 2.05) is 41.5 Å². The van der Waals surface area contributed by atoms with E-state index in [0.29, 0.717) is 0 Å². The molecule has 0 spiro atoms. The predicted molar refractivity (Wildman–Crippen MR) is 133 cm³/mol. The molecule has 0 aliphatic rings. The highest BCUT2D eigenvalue weighted by molar-refractivity contribution is 5.30. The number of unbranched alkanes of at least 4 members (excludes halogenated alkanes) is 2. The molecule has 0 saturated carbocycles. The maximum atomic E-state index is 4.60. The van der Waals surface area contributed by atoms with Gasteiger partial charge < -0.3 is 0 Å². The molecule has 0 aromatic heterocycles. The number of hydrogen-bond donors (Lipinski definition) is 0. The van der Waals surface area contributed by atoms with E-state index >= 15 is 0 Å². The molecule has 0 amide bonds. The third kappa shape index (κ3) is 36.5. The predicted octanol–water partition coefficient (Wildman–Crippen LogP) is 9.81. The number of hydrogen-bond acceptors (Lipinski definition) is 0. The van der Waals surface area contributed by atoms with E-state index in [2.05, 4.69) is 72.1 Å². The minimum atomic E-state index is 0.904. The van der Waals surface area contributed by atoms with Gasteiger partial charge in [0, 0.05) is 0 Å². The zero-order valence-electron chi connectivity index (χ0n) is 21.4. The van der Waals surface area contributed by atoms with Crippen molar-refractivity contribution >= 4 is 0 Å². The van der Waals surface area contributed by atoms with Gasteiger partial charge in [0.05, 0.1) is 0 Å². The number of rotatable bonds is 5. The van der Waals surface area contributed by atoms with Crippen LogP contribution in [-0.2, 0) is 6.42 Å². The second-order valence-corrected chi connectivity index (χ2v) is 5.96. The molecule has 0 heterocycles. The van der Waals surface area contributed by atoms with Crippen LogP contribution in [0, 0.1) is 32.1 Å². The van der Waals surface area contributed by atoms with E-state index in [1.54, 1.807) is 6.92 Å².